The zero-order chi connectivity index (χ0) is 13.0. The number of halogens is 1. The molecular formula is C15H15BrN2. The lowest BCUT2D eigenvalue weighted by Gasteiger charge is -2.14. The maximum Gasteiger partial charge on any atom is 0.0569 e. The lowest BCUT2D eigenvalue weighted by Crippen LogP contribution is -2.27. The van der Waals surface area contributed by atoms with Crippen LogP contribution in [-0.4, -0.2) is 0 Å². The minimum atomic E-state index is 0.0745. The highest BCUT2D eigenvalue weighted by Gasteiger charge is 2.08. The molecule has 1 unspecified atom stereocenters. The van der Waals surface area contributed by atoms with E-state index in [9.17, 15) is 0 Å². The maximum atomic E-state index is 5.59. The third-order valence-electron chi connectivity index (χ3n) is 2.91. The van der Waals surface area contributed by atoms with E-state index in [1.54, 1.807) is 0 Å². The fraction of sp³-hybridized carbons (Fsp3) is 0.200. The van der Waals surface area contributed by atoms with Gasteiger partial charge < -0.3 is 0 Å². The summed E-state index contributed by atoms with van der Waals surface area (Å²) in [7, 11) is 0. The van der Waals surface area contributed by atoms with E-state index in [1.807, 2.05) is 13.0 Å². The SMILES string of the molecule is CC#CCC(NN)c1ccc2cc(Br)ccc2c1. The van der Waals surface area contributed by atoms with Crippen LogP contribution in [-0.2, 0) is 0 Å². The van der Waals surface area contributed by atoms with Crippen LogP contribution < -0.4 is 11.3 Å². The fourth-order valence-corrected chi connectivity index (χ4v) is 2.31. The molecular weight excluding hydrogens is 288 g/mol. The van der Waals surface area contributed by atoms with E-state index in [0.29, 0.717) is 0 Å². The second kappa shape index (κ2) is 6.01. The molecule has 0 bridgehead atoms. The van der Waals surface area contributed by atoms with Crippen molar-refractivity contribution in [1.82, 2.24) is 5.43 Å². The molecule has 0 amide bonds. The molecule has 3 heteroatoms. The standard InChI is InChI=1S/C15H15BrN2/c1-2-3-4-15(18-17)13-6-5-12-10-14(16)8-7-11(12)9-13/h5-10,15,18H,4,17H2,1H3. The van der Waals surface area contributed by atoms with E-state index < -0.39 is 0 Å². The van der Waals surface area contributed by atoms with Gasteiger partial charge in [-0.1, -0.05) is 34.1 Å². The number of nitrogens with two attached hydrogens (primary N) is 1. The van der Waals surface area contributed by atoms with Crippen LogP contribution in [0.25, 0.3) is 10.8 Å². The van der Waals surface area contributed by atoms with Crippen molar-refractivity contribution in [2.45, 2.75) is 19.4 Å². The lowest BCUT2D eigenvalue weighted by molar-refractivity contribution is 0.568. The van der Waals surface area contributed by atoms with Crippen LogP contribution in [0.15, 0.2) is 40.9 Å². The molecule has 0 heterocycles. The summed E-state index contributed by atoms with van der Waals surface area (Å²) in [5.41, 5.74) is 3.98. The Bertz CT molecular complexity index is 611. The van der Waals surface area contributed by atoms with Gasteiger partial charge in [-0.2, -0.15) is 0 Å². The van der Waals surface area contributed by atoms with Crippen LogP contribution in [0.5, 0.6) is 0 Å². The molecule has 0 spiro atoms. The molecule has 0 fully saturated rings. The Morgan fingerprint density at radius 1 is 1.22 bits per heavy atom. The van der Waals surface area contributed by atoms with Gasteiger partial charge in [0.05, 0.1) is 6.04 Å². The smallest absolute Gasteiger partial charge is 0.0569 e. The molecule has 0 aliphatic rings. The van der Waals surface area contributed by atoms with Crippen molar-refractivity contribution in [1.29, 1.82) is 0 Å². The average Bonchev–Trinajstić information content (AvgIpc) is 2.39. The van der Waals surface area contributed by atoms with Gasteiger partial charge in [-0.15, -0.1) is 11.8 Å². The molecule has 18 heavy (non-hydrogen) atoms. The number of hydrogen-bond donors (Lipinski definition) is 2. The van der Waals surface area contributed by atoms with Crippen molar-refractivity contribution >= 4 is 26.7 Å². The molecule has 0 radical (unpaired) electrons. The summed E-state index contributed by atoms with van der Waals surface area (Å²) in [6.45, 7) is 1.84. The van der Waals surface area contributed by atoms with Crippen LogP contribution >= 0.6 is 15.9 Å². The predicted octanol–water partition coefficient (Wildman–Crippen LogP) is 3.52. The Hall–Kier alpha value is -1.34. The van der Waals surface area contributed by atoms with Crippen LogP contribution in [0.1, 0.15) is 24.9 Å². The molecule has 3 N–H and O–H groups in total. The van der Waals surface area contributed by atoms with Crippen LogP contribution in [0, 0.1) is 11.8 Å². The number of hydrogen-bond acceptors (Lipinski definition) is 2. The molecule has 0 aliphatic heterocycles. The number of benzene rings is 2. The van der Waals surface area contributed by atoms with Crippen molar-refractivity contribution in [2.75, 3.05) is 0 Å². The van der Waals surface area contributed by atoms with E-state index in [4.69, 9.17) is 5.84 Å². The first-order chi connectivity index (χ1) is 8.74. The van der Waals surface area contributed by atoms with E-state index in [1.165, 1.54) is 10.8 Å². The highest BCUT2D eigenvalue weighted by Crippen LogP contribution is 2.24. The van der Waals surface area contributed by atoms with Gasteiger partial charge in [0.2, 0.25) is 0 Å². The third kappa shape index (κ3) is 2.91. The van der Waals surface area contributed by atoms with Gasteiger partial charge in [-0.3, -0.25) is 11.3 Å². The number of rotatable bonds is 3. The summed E-state index contributed by atoms with van der Waals surface area (Å²) in [5, 5.41) is 2.42. The number of fused-ring (bicyclic) bond motifs is 1. The molecule has 0 saturated carbocycles. The van der Waals surface area contributed by atoms with Crippen molar-refractivity contribution in [2.24, 2.45) is 5.84 Å². The molecule has 2 rings (SSSR count). The number of hydrazine groups is 1. The Morgan fingerprint density at radius 3 is 2.67 bits per heavy atom. The lowest BCUT2D eigenvalue weighted by atomic mass is 10.0. The average molecular weight is 303 g/mol. The highest BCUT2D eigenvalue weighted by atomic mass is 79.9. The maximum absolute atomic E-state index is 5.59. The van der Waals surface area contributed by atoms with Crippen molar-refractivity contribution in [3.05, 3.63) is 46.4 Å². The van der Waals surface area contributed by atoms with Gasteiger partial charge in [-0.05, 0) is 41.5 Å². The fourth-order valence-electron chi connectivity index (χ4n) is 1.93. The van der Waals surface area contributed by atoms with Gasteiger partial charge in [0.15, 0.2) is 0 Å². The Labute approximate surface area is 116 Å². The molecule has 0 saturated heterocycles. The van der Waals surface area contributed by atoms with E-state index in [2.05, 4.69) is 63.5 Å². The minimum absolute atomic E-state index is 0.0745. The van der Waals surface area contributed by atoms with Gasteiger partial charge in [0.25, 0.3) is 0 Å². The quantitative estimate of drug-likeness (QED) is 0.517. The summed E-state index contributed by atoms with van der Waals surface area (Å²) in [4.78, 5) is 0. The molecule has 0 aromatic heterocycles. The Morgan fingerprint density at radius 2 is 1.94 bits per heavy atom. The summed E-state index contributed by atoms with van der Waals surface area (Å²) in [5.74, 6) is 11.5. The third-order valence-corrected chi connectivity index (χ3v) is 3.41. The molecule has 0 aliphatic carbocycles. The zero-order valence-corrected chi connectivity index (χ0v) is 11.8. The normalized spacial score (nSPS) is 11.9. The summed E-state index contributed by atoms with van der Waals surface area (Å²) < 4.78 is 1.09. The van der Waals surface area contributed by atoms with Crippen LogP contribution in [0.3, 0.4) is 0 Å². The Balaban J connectivity index is 2.38. The molecule has 2 nitrogen and oxygen atoms in total. The van der Waals surface area contributed by atoms with Crippen molar-refractivity contribution in [3.8, 4) is 11.8 Å². The van der Waals surface area contributed by atoms with Crippen molar-refractivity contribution < 1.29 is 0 Å². The van der Waals surface area contributed by atoms with Gasteiger partial charge in [0.1, 0.15) is 0 Å². The summed E-state index contributed by atoms with van der Waals surface area (Å²) in [6.07, 6.45) is 0.717. The largest absolute Gasteiger partial charge is 0.271 e. The monoisotopic (exact) mass is 302 g/mol. The first kappa shape index (κ1) is 13.1. The van der Waals surface area contributed by atoms with Gasteiger partial charge in [-0.25, -0.2) is 0 Å². The van der Waals surface area contributed by atoms with Gasteiger partial charge >= 0.3 is 0 Å². The molecule has 92 valence electrons. The molecule has 2 aromatic rings. The second-order valence-corrected chi connectivity index (χ2v) is 5.02. The molecule has 2 aromatic carbocycles. The van der Waals surface area contributed by atoms with Crippen molar-refractivity contribution in [3.63, 3.8) is 0 Å². The topological polar surface area (TPSA) is 38.0 Å². The first-order valence-corrected chi connectivity index (χ1v) is 6.59. The predicted molar refractivity (Wildman–Crippen MR) is 79.8 cm³/mol. The second-order valence-electron chi connectivity index (χ2n) is 4.10. The summed E-state index contributed by atoms with van der Waals surface area (Å²) in [6, 6.07) is 12.7. The zero-order valence-electron chi connectivity index (χ0n) is 10.2. The number of nitrogens with one attached hydrogen (secondary N) is 1. The first-order valence-electron chi connectivity index (χ1n) is 5.79. The van der Waals surface area contributed by atoms with Crippen LogP contribution in [0.4, 0.5) is 0 Å². The van der Waals surface area contributed by atoms with E-state index in [-0.39, 0.29) is 6.04 Å². The van der Waals surface area contributed by atoms with Crippen LogP contribution in [0.2, 0.25) is 0 Å². The van der Waals surface area contributed by atoms with Gasteiger partial charge in [0, 0.05) is 10.9 Å². The van der Waals surface area contributed by atoms with E-state index >= 15 is 0 Å². The molecule has 1 atom stereocenters. The summed E-state index contributed by atoms with van der Waals surface area (Å²) >= 11 is 3.48. The van der Waals surface area contributed by atoms with E-state index in [0.717, 1.165) is 16.5 Å². The Kier molecular flexibility index (Phi) is 4.38. The minimum Gasteiger partial charge on any atom is -0.271 e. The highest BCUT2D eigenvalue weighted by molar-refractivity contribution is 9.10.